The third-order valence-electron chi connectivity index (χ3n) is 3.90. The van der Waals surface area contributed by atoms with E-state index < -0.39 is 15.5 Å². The number of hydrogen-bond acceptors (Lipinski definition) is 7. The molecule has 2 aromatic carbocycles. The van der Waals surface area contributed by atoms with Gasteiger partial charge in [-0.05, 0) is 34.5 Å². The number of para-hydroxylation sites is 1. The second-order valence-corrected chi connectivity index (χ2v) is 6.81. The summed E-state index contributed by atoms with van der Waals surface area (Å²) in [7, 11) is 0. The van der Waals surface area contributed by atoms with Crippen molar-refractivity contribution < 1.29 is 9.85 Å². The molecule has 0 saturated heterocycles. The molecule has 10 heteroatoms. The zero-order valence-electron chi connectivity index (χ0n) is 16.0. The Morgan fingerprint density at radius 1 is 1.14 bits per heavy atom. The maximum Gasteiger partial charge on any atom is 0.300 e. The van der Waals surface area contributed by atoms with Crippen LogP contribution < -0.4 is 10.6 Å². The Balaban J connectivity index is 0.000000291. The van der Waals surface area contributed by atoms with E-state index in [1.165, 1.54) is 18.5 Å². The molecule has 154 valence electrons. The highest BCUT2D eigenvalue weighted by Crippen LogP contribution is 2.33. The molecule has 0 radical (unpaired) electrons. The third kappa shape index (κ3) is 7.75. The lowest BCUT2D eigenvalue weighted by Crippen LogP contribution is -2.25. The van der Waals surface area contributed by atoms with E-state index in [4.69, 9.17) is 11.0 Å². The quantitative estimate of drug-likeness (QED) is 0.327. The van der Waals surface area contributed by atoms with Gasteiger partial charge in [0.1, 0.15) is 5.69 Å². The molecule has 0 aromatic heterocycles. The summed E-state index contributed by atoms with van der Waals surface area (Å²) in [5, 5.41) is 29.4. The van der Waals surface area contributed by atoms with E-state index in [1.54, 1.807) is 0 Å². The van der Waals surface area contributed by atoms with Crippen LogP contribution >= 0.6 is 15.9 Å². The Kier molecular flexibility index (Phi) is 10.1. The first-order valence-electron chi connectivity index (χ1n) is 8.86. The van der Waals surface area contributed by atoms with E-state index in [2.05, 4.69) is 46.0 Å². The first-order valence-corrected chi connectivity index (χ1v) is 9.65. The van der Waals surface area contributed by atoms with Crippen LogP contribution in [0.4, 0.5) is 22.7 Å². The van der Waals surface area contributed by atoms with Gasteiger partial charge in [0.2, 0.25) is 0 Å². The summed E-state index contributed by atoms with van der Waals surface area (Å²) in [6, 6.07) is 14.4. The highest BCUT2D eigenvalue weighted by Gasteiger charge is 2.20. The van der Waals surface area contributed by atoms with Crippen molar-refractivity contribution in [2.75, 3.05) is 23.7 Å². The Morgan fingerprint density at radius 2 is 1.79 bits per heavy atom. The average Bonchev–Trinajstić information content (AvgIpc) is 2.71. The van der Waals surface area contributed by atoms with Gasteiger partial charge in [-0.1, -0.05) is 31.5 Å². The van der Waals surface area contributed by atoms with E-state index in [0.717, 1.165) is 25.2 Å². The number of halogens is 1. The molecular weight excluding hydrogens is 442 g/mol. The van der Waals surface area contributed by atoms with Crippen molar-refractivity contribution in [3.05, 3.63) is 67.2 Å². The number of rotatable bonds is 8. The van der Waals surface area contributed by atoms with Crippen molar-refractivity contribution in [1.29, 1.82) is 5.26 Å². The number of nitro benzene ring substituents is 2. The largest absolute Gasteiger partial charge is 0.392 e. The van der Waals surface area contributed by atoms with Crippen LogP contribution in [0.15, 0.2) is 46.9 Å². The molecule has 0 bridgehead atoms. The topological polar surface area (TPSA) is 139 Å². The predicted octanol–water partition coefficient (Wildman–Crippen LogP) is 5.05. The normalized spacial score (nSPS) is 9.69. The van der Waals surface area contributed by atoms with Crippen LogP contribution in [0.1, 0.15) is 26.2 Å². The number of nitriles is 1. The number of anilines is 2. The fraction of sp³-hybridized carbons (Fsp3) is 0.316. The van der Waals surface area contributed by atoms with Crippen molar-refractivity contribution in [3.63, 3.8) is 0 Å². The molecule has 2 rings (SSSR count). The maximum atomic E-state index is 10.4. The zero-order valence-corrected chi connectivity index (χ0v) is 17.5. The first kappa shape index (κ1) is 23.8. The lowest BCUT2D eigenvalue weighted by atomic mass is 10.2. The minimum atomic E-state index is -0.771. The number of nitrogen functional groups attached to an aromatic ring is 1. The van der Waals surface area contributed by atoms with Gasteiger partial charge in [0.05, 0.1) is 32.9 Å². The maximum absolute atomic E-state index is 10.4. The fourth-order valence-electron chi connectivity index (χ4n) is 2.39. The van der Waals surface area contributed by atoms with Crippen LogP contribution in [0.3, 0.4) is 0 Å². The summed E-state index contributed by atoms with van der Waals surface area (Å²) in [5.41, 5.74) is 5.58. The molecule has 0 aliphatic rings. The van der Waals surface area contributed by atoms with Crippen molar-refractivity contribution >= 4 is 38.7 Å². The van der Waals surface area contributed by atoms with Crippen LogP contribution in [0, 0.1) is 31.6 Å². The van der Waals surface area contributed by atoms with Crippen LogP contribution in [-0.2, 0) is 0 Å². The van der Waals surface area contributed by atoms with E-state index in [1.807, 2.05) is 18.2 Å². The second kappa shape index (κ2) is 12.3. The van der Waals surface area contributed by atoms with E-state index in [-0.39, 0.29) is 15.8 Å². The number of nitrogens with two attached hydrogens (primary N) is 1. The predicted molar refractivity (Wildman–Crippen MR) is 116 cm³/mol. The summed E-state index contributed by atoms with van der Waals surface area (Å²) in [5.74, 6) is 0. The van der Waals surface area contributed by atoms with Gasteiger partial charge < -0.3 is 10.6 Å². The molecule has 0 spiro atoms. The molecule has 0 atom stereocenters. The number of benzene rings is 2. The minimum Gasteiger partial charge on any atom is -0.392 e. The number of non-ortho nitro benzene ring substituents is 1. The summed E-state index contributed by atoms with van der Waals surface area (Å²) in [4.78, 5) is 21.6. The monoisotopic (exact) mass is 463 g/mol. The Morgan fingerprint density at radius 3 is 2.31 bits per heavy atom. The average molecular weight is 464 g/mol. The number of hydrogen-bond donors (Lipinski definition) is 1. The fourth-order valence-corrected chi connectivity index (χ4v) is 2.83. The van der Waals surface area contributed by atoms with E-state index in [9.17, 15) is 20.2 Å². The number of nitro groups is 2. The van der Waals surface area contributed by atoms with E-state index >= 15 is 0 Å². The molecule has 0 unspecified atom stereocenters. The molecule has 0 fully saturated rings. The number of unbranched alkanes of at least 4 members (excludes halogenated alkanes) is 1. The van der Waals surface area contributed by atoms with E-state index in [0.29, 0.717) is 6.42 Å². The second-order valence-electron chi connectivity index (χ2n) is 5.96. The van der Waals surface area contributed by atoms with Gasteiger partial charge in [-0.2, -0.15) is 5.26 Å². The molecule has 0 aliphatic heterocycles. The standard InChI is InChI=1S/C13H18N2.C6H4BrN3O4/c1-2-3-11-15(12-7-10-14)13-8-5-4-6-9-13;7-4-1-3(9(11)12)2-5(6(4)8)10(13)14/h4-6,8-9H,2-3,7,11-12H2,1H3;1-2H,8H2. The Hall–Kier alpha value is -3.19. The molecule has 29 heavy (non-hydrogen) atoms. The molecule has 2 aromatic rings. The lowest BCUT2D eigenvalue weighted by molar-refractivity contribution is -0.393. The first-order chi connectivity index (χ1) is 13.8. The van der Waals surface area contributed by atoms with Gasteiger partial charge in [-0.3, -0.25) is 20.2 Å². The molecule has 2 N–H and O–H groups in total. The van der Waals surface area contributed by atoms with Gasteiger partial charge >= 0.3 is 0 Å². The smallest absolute Gasteiger partial charge is 0.300 e. The van der Waals surface area contributed by atoms with Crippen LogP contribution in [0.2, 0.25) is 0 Å². The molecule has 0 aliphatic carbocycles. The van der Waals surface area contributed by atoms with Gasteiger partial charge in [0, 0.05) is 24.8 Å². The summed E-state index contributed by atoms with van der Waals surface area (Å²) < 4.78 is 0.137. The highest BCUT2D eigenvalue weighted by atomic mass is 79.9. The van der Waals surface area contributed by atoms with Crippen molar-refractivity contribution in [2.24, 2.45) is 0 Å². The Bertz CT molecular complexity index is 871. The van der Waals surface area contributed by atoms with Crippen LogP contribution in [0.5, 0.6) is 0 Å². The summed E-state index contributed by atoms with van der Waals surface area (Å²) in [6.07, 6.45) is 2.97. The zero-order chi connectivity index (χ0) is 21.8. The van der Waals surface area contributed by atoms with Crippen LogP contribution in [0.25, 0.3) is 0 Å². The third-order valence-corrected chi connectivity index (χ3v) is 4.55. The summed E-state index contributed by atoms with van der Waals surface area (Å²) >= 11 is 2.90. The molecule has 0 saturated carbocycles. The van der Waals surface area contributed by atoms with Gasteiger partial charge in [0.15, 0.2) is 0 Å². The minimum absolute atomic E-state index is 0.124. The van der Waals surface area contributed by atoms with Gasteiger partial charge in [0.25, 0.3) is 11.4 Å². The highest BCUT2D eigenvalue weighted by molar-refractivity contribution is 9.10. The Labute approximate surface area is 177 Å². The molecular formula is C19H22BrN5O4. The number of nitrogens with zero attached hydrogens (tertiary/aromatic N) is 4. The van der Waals surface area contributed by atoms with Crippen molar-refractivity contribution in [1.82, 2.24) is 0 Å². The van der Waals surface area contributed by atoms with Crippen molar-refractivity contribution in [2.45, 2.75) is 26.2 Å². The van der Waals surface area contributed by atoms with Crippen molar-refractivity contribution in [3.8, 4) is 6.07 Å². The summed E-state index contributed by atoms with van der Waals surface area (Å²) in [6.45, 7) is 4.07. The molecule has 0 amide bonds. The van der Waals surface area contributed by atoms with Gasteiger partial charge in [-0.15, -0.1) is 0 Å². The SMILES string of the molecule is CCCCN(CCC#N)c1ccccc1.Nc1c(Br)cc([N+](=O)[O-])cc1[N+](=O)[O-]. The lowest BCUT2D eigenvalue weighted by Gasteiger charge is -2.23. The van der Waals surface area contributed by atoms with Gasteiger partial charge in [-0.25, -0.2) is 0 Å². The molecule has 9 nitrogen and oxygen atoms in total. The molecule has 0 heterocycles. The van der Waals surface area contributed by atoms with Crippen LogP contribution in [-0.4, -0.2) is 22.9 Å².